The van der Waals surface area contributed by atoms with Gasteiger partial charge >= 0.3 is 0 Å². The van der Waals surface area contributed by atoms with Crippen molar-refractivity contribution in [1.82, 2.24) is 5.32 Å². The number of aryl methyl sites for hydroxylation is 1. The predicted octanol–water partition coefficient (Wildman–Crippen LogP) is 3.39. The number of rotatable bonds is 5. The van der Waals surface area contributed by atoms with Crippen LogP contribution in [0.25, 0.3) is 6.08 Å². The van der Waals surface area contributed by atoms with Crippen LogP contribution in [0.1, 0.15) is 18.1 Å². The Morgan fingerprint density at radius 2 is 1.89 bits per heavy atom. The maximum Gasteiger partial charge on any atom is 0.270 e. The number of nitro groups is 1. The topological polar surface area (TPSA) is 113 Å². The molecule has 0 aromatic heterocycles. The lowest BCUT2D eigenvalue weighted by Crippen LogP contribution is -2.32. The summed E-state index contributed by atoms with van der Waals surface area (Å²) >= 11 is 5.11. The van der Waals surface area contributed by atoms with Crippen LogP contribution in [0, 0.1) is 17.0 Å². The number of nitrogens with zero attached hydrogens (tertiary/aromatic N) is 1. The average molecular weight is 398 g/mol. The van der Waals surface area contributed by atoms with E-state index in [0.29, 0.717) is 16.9 Å². The Kier molecular flexibility index (Phi) is 6.94. The number of nitro benzene ring substituents is 1. The number of nitrogens with one attached hydrogen (secondary N) is 3. The molecule has 0 fully saturated rings. The van der Waals surface area contributed by atoms with Crippen LogP contribution in [-0.2, 0) is 9.59 Å². The lowest BCUT2D eigenvalue weighted by Gasteiger charge is -2.12. The van der Waals surface area contributed by atoms with Gasteiger partial charge in [0.05, 0.1) is 4.92 Å². The highest BCUT2D eigenvalue weighted by atomic mass is 32.1. The first kappa shape index (κ1) is 20.7. The minimum Gasteiger partial charge on any atom is -0.332 e. The zero-order chi connectivity index (χ0) is 20.7. The van der Waals surface area contributed by atoms with Gasteiger partial charge in [0, 0.05) is 36.5 Å². The highest BCUT2D eigenvalue weighted by Gasteiger charge is 2.07. The molecule has 2 rings (SSSR count). The van der Waals surface area contributed by atoms with Gasteiger partial charge in [-0.1, -0.05) is 18.2 Å². The molecular weight excluding hydrogens is 380 g/mol. The van der Waals surface area contributed by atoms with E-state index in [2.05, 4.69) is 16.0 Å². The van der Waals surface area contributed by atoms with Crippen LogP contribution in [0.2, 0.25) is 0 Å². The van der Waals surface area contributed by atoms with Crippen molar-refractivity contribution in [2.45, 2.75) is 13.8 Å². The number of amides is 2. The first-order valence-electron chi connectivity index (χ1n) is 8.17. The molecule has 0 spiro atoms. The van der Waals surface area contributed by atoms with E-state index in [4.69, 9.17) is 12.2 Å². The monoisotopic (exact) mass is 398 g/mol. The molecule has 2 aromatic rings. The van der Waals surface area contributed by atoms with Gasteiger partial charge in [-0.05, 0) is 48.5 Å². The van der Waals surface area contributed by atoms with Crippen LogP contribution in [0.3, 0.4) is 0 Å². The maximum atomic E-state index is 12.0. The van der Waals surface area contributed by atoms with Crippen molar-refractivity contribution < 1.29 is 14.5 Å². The lowest BCUT2D eigenvalue weighted by atomic mass is 10.2. The molecule has 3 N–H and O–H groups in total. The van der Waals surface area contributed by atoms with Crippen molar-refractivity contribution in [1.29, 1.82) is 0 Å². The average Bonchev–Trinajstić information content (AvgIpc) is 2.62. The standard InChI is InChI=1S/C19H18N4O4S/c1-12-6-8-15(11-17(12)20-13(2)24)21-19(28)22-18(25)9-7-14-4-3-5-16(10-14)23(26)27/h3-11H,1-2H3,(H,20,24)(H2,21,22,25,28)/b9-7+. The van der Waals surface area contributed by atoms with Crippen molar-refractivity contribution in [2.75, 3.05) is 10.6 Å². The zero-order valence-corrected chi connectivity index (χ0v) is 16.0. The second kappa shape index (κ2) is 9.38. The summed E-state index contributed by atoms with van der Waals surface area (Å²) < 4.78 is 0. The molecular formula is C19H18N4O4S. The summed E-state index contributed by atoms with van der Waals surface area (Å²) in [6.45, 7) is 3.27. The Hall–Kier alpha value is -3.59. The number of non-ortho nitro benzene ring substituents is 1. The molecule has 0 unspecified atom stereocenters. The third-order valence-electron chi connectivity index (χ3n) is 3.55. The minimum atomic E-state index is -0.507. The molecule has 28 heavy (non-hydrogen) atoms. The van der Waals surface area contributed by atoms with Crippen molar-refractivity contribution >= 4 is 52.3 Å². The number of hydrogen-bond acceptors (Lipinski definition) is 5. The van der Waals surface area contributed by atoms with Crippen molar-refractivity contribution in [2.24, 2.45) is 0 Å². The Bertz CT molecular complexity index is 972. The van der Waals surface area contributed by atoms with E-state index in [1.807, 2.05) is 6.92 Å². The number of thiocarbonyl (C=S) groups is 1. The quantitative estimate of drug-likeness (QED) is 0.308. The molecule has 0 atom stereocenters. The van der Waals surface area contributed by atoms with Gasteiger partial charge in [-0.3, -0.25) is 25.0 Å². The minimum absolute atomic E-state index is 0.0610. The lowest BCUT2D eigenvalue weighted by molar-refractivity contribution is -0.384. The molecule has 2 aromatic carbocycles. The first-order chi connectivity index (χ1) is 13.2. The van der Waals surface area contributed by atoms with Crippen molar-refractivity contribution in [3.05, 3.63) is 69.8 Å². The maximum absolute atomic E-state index is 12.0. The van der Waals surface area contributed by atoms with Crippen LogP contribution >= 0.6 is 12.2 Å². The van der Waals surface area contributed by atoms with Crippen LogP contribution in [0.4, 0.5) is 17.1 Å². The molecule has 9 heteroatoms. The van der Waals surface area contributed by atoms with Gasteiger partial charge in [0.1, 0.15) is 0 Å². The van der Waals surface area contributed by atoms with Gasteiger partial charge in [-0.25, -0.2) is 0 Å². The van der Waals surface area contributed by atoms with Gasteiger partial charge in [-0.2, -0.15) is 0 Å². The number of benzene rings is 2. The van der Waals surface area contributed by atoms with Crippen LogP contribution in [0.5, 0.6) is 0 Å². The number of carbonyl (C=O) groups excluding carboxylic acids is 2. The van der Waals surface area contributed by atoms with Crippen molar-refractivity contribution in [3.8, 4) is 0 Å². The molecule has 0 aliphatic rings. The van der Waals surface area contributed by atoms with E-state index >= 15 is 0 Å². The first-order valence-corrected chi connectivity index (χ1v) is 8.58. The molecule has 8 nitrogen and oxygen atoms in total. The van der Waals surface area contributed by atoms with Gasteiger partial charge in [-0.15, -0.1) is 0 Å². The van der Waals surface area contributed by atoms with E-state index in [9.17, 15) is 19.7 Å². The normalized spacial score (nSPS) is 10.4. The fourth-order valence-corrected chi connectivity index (χ4v) is 2.47. The predicted molar refractivity (Wildman–Crippen MR) is 112 cm³/mol. The molecule has 0 heterocycles. The van der Waals surface area contributed by atoms with E-state index in [-0.39, 0.29) is 16.7 Å². The second-order valence-electron chi connectivity index (χ2n) is 5.84. The largest absolute Gasteiger partial charge is 0.332 e. The number of carbonyl (C=O) groups is 2. The van der Waals surface area contributed by atoms with Crippen LogP contribution in [0.15, 0.2) is 48.5 Å². The fraction of sp³-hybridized carbons (Fsp3) is 0.105. The van der Waals surface area contributed by atoms with Gasteiger partial charge in [0.15, 0.2) is 5.11 Å². The Labute approximate surface area is 166 Å². The summed E-state index contributed by atoms with van der Waals surface area (Å²) in [4.78, 5) is 33.5. The van der Waals surface area contributed by atoms with Crippen LogP contribution in [-0.4, -0.2) is 21.9 Å². The Morgan fingerprint density at radius 3 is 2.57 bits per heavy atom. The van der Waals surface area contributed by atoms with E-state index < -0.39 is 10.8 Å². The molecule has 0 saturated carbocycles. The van der Waals surface area contributed by atoms with E-state index in [1.54, 1.807) is 24.3 Å². The number of hydrogen-bond donors (Lipinski definition) is 3. The molecule has 0 aliphatic carbocycles. The Balaban J connectivity index is 1.97. The van der Waals surface area contributed by atoms with Crippen molar-refractivity contribution in [3.63, 3.8) is 0 Å². The van der Waals surface area contributed by atoms with Crippen LogP contribution < -0.4 is 16.0 Å². The summed E-state index contributed by atoms with van der Waals surface area (Å²) in [6.07, 6.45) is 2.68. The zero-order valence-electron chi connectivity index (χ0n) is 15.2. The fourth-order valence-electron chi connectivity index (χ4n) is 2.25. The second-order valence-corrected chi connectivity index (χ2v) is 6.25. The smallest absolute Gasteiger partial charge is 0.270 e. The van der Waals surface area contributed by atoms with E-state index in [0.717, 1.165) is 5.56 Å². The highest BCUT2D eigenvalue weighted by molar-refractivity contribution is 7.80. The highest BCUT2D eigenvalue weighted by Crippen LogP contribution is 2.20. The summed E-state index contributed by atoms with van der Waals surface area (Å²) in [5.74, 6) is -0.680. The number of anilines is 2. The van der Waals surface area contributed by atoms with Gasteiger partial charge in [0.25, 0.3) is 5.69 Å². The third kappa shape index (κ3) is 6.29. The summed E-state index contributed by atoms with van der Waals surface area (Å²) in [6, 6.07) is 11.2. The molecule has 2 amide bonds. The van der Waals surface area contributed by atoms with Gasteiger partial charge < -0.3 is 10.6 Å². The molecule has 0 radical (unpaired) electrons. The molecule has 144 valence electrons. The summed E-state index contributed by atoms with van der Waals surface area (Å²) in [5, 5.41) is 18.9. The van der Waals surface area contributed by atoms with Gasteiger partial charge in [0.2, 0.25) is 11.8 Å². The molecule has 0 bridgehead atoms. The Morgan fingerprint density at radius 1 is 1.14 bits per heavy atom. The third-order valence-corrected chi connectivity index (χ3v) is 3.76. The molecule has 0 aliphatic heterocycles. The van der Waals surface area contributed by atoms with E-state index in [1.165, 1.54) is 37.3 Å². The molecule has 0 saturated heterocycles. The summed E-state index contributed by atoms with van der Waals surface area (Å²) in [7, 11) is 0. The summed E-state index contributed by atoms with van der Waals surface area (Å²) in [5.41, 5.74) is 2.57. The SMILES string of the molecule is CC(=O)Nc1cc(NC(=S)NC(=O)/C=C/c2cccc([N+](=O)[O-])c2)ccc1C.